The Morgan fingerprint density at radius 2 is 2.39 bits per heavy atom. The second-order valence-corrected chi connectivity index (χ2v) is 4.88. The summed E-state index contributed by atoms with van der Waals surface area (Å²) in [6, 6.07) is 4.56. The van der Waals surface area contributed by atoms with E-state index in [-0.39, 0.29) is 18.0 Å². The standard InChI is InChI=1S/C14H20FNO2/c1-10(16)7-11-8-12(15)4-5-14(11)18-9-13-3-2-6-17-13/h4-5,8,10,13H,2-3,6-7,9,16H2,1H3. The molecular weight excluding hydrogens is 233 g/mol. The van der Waals surface area contributed by atoms with Crippen LogP contribution in [0.3, 0.4) is 0 Å². The molecular formula is C14H20FNO2. The third kappa shape index (κ3) is 3.68. The average Bonchev–Trinajstić information content (AvgIpc) is 2.80. The predicted molar refractivity (Wildman–Crippen MR) is 68.2 cm³/mol. The first kappa shape index (κ1) is 13.3. The van der Waals surface area contributed by atoms with E-state index < -0.39 is 0 Å². The van der Waals surface area contributed by atoms with Crippen LogP contribution >= 0.6 is 0 Å². The zero-order valence-corrected chi connectivity index (χ0v) is 10.7. The fourth-order valence-corrected chi connectivity index (χ4v) is 2.15. The van der Waals surface area contributed by atoms with Gasteiger partial charge in [0.15, 0.2) is 0 Å². The van der Waals surface area contributed by atoms with Crippen molar-refractivity contribution >= 4 is 0 Å². The van der Waals surface area contributed by atoms with Crippen LogP contribution in [0.15, 0.2) is 18.2 Å². The minimum absolute atomic E-state index is 0.0168. The molecule has 4 heteroatoms. The van der Waals surface area contributed by atoms with Gasteiger partial charge in [-0.1, -0.05) is 0 Å². The lowest BCUT2D eigenvalue weighted by atomic mass is 10.1. The van der Waals surface area contributed by atoms with Crippen molar-refractivity contribution in [3.8, 4) is 5.75 Å². The highest BCUT2D eigenvalue weighted by Gasteiger charge is 2.17. The van der Waals surface area contributed by atoms with Gasteiger partial charge in [-0.25, -0.2) is 4.39 Å². The van der Waals surface area contributed by atoms with Gasteiger partial charge in [0.2, 0.25) is 0 Å². The van der Waals surface area contributed by atoms with Gasteiger partial charge in [-0.05, 0) is 49.9 Å². The Bertz CT molecular complexity index is 389. The van der Waals surface area contributed by atoms with E-state index in [1.165, 1.54) is 12.1 Å². The SMILES string of the molecule is CC(N)Cc1cc(F)ccc1OCC1CCCO1. The summed E-state index contributed by atoms with van der Waals surface area (Å²) in [5.41, 5.74) is 6.58. The zero-order valence-electron chi connectivity index (χ0n) is 10.7. The number of benzene rings is 1. The van der Waals surface area contributed by atoms with Crippen molar-refractivity contribution in [3.05, 3.63) is 29.6 Å². The molecule has 1 saturated heterocycles. The molecule has 0 amide bonds. The lowest BCUT2D eigenvalue weighted by Crippen LogP contribution is -2.20. The molecule has 18 heavy (non-hydrogen) atoms. The summed E-state index contributed by atoms with van der Waals surface area (Å²) < 4.78 is 24.4. The minimum Gasteiger partial charge on any atom is -0.491 e. The molecule has 100 valence electrons. The van der Waals surface area contributed by atoms with Gasteiger partial charge in [-0.2, -0.15) is 0 Å². The van der Waals surface area contributed by atoms with E-state index in [4.69, 9.17) is 15.2 Å². The molecule has 2 atom stereocenters. The average molecular weight is 253 g/mol. The van der Waals surface area contributed by atoms with Gasteiger partial charge >= 0.3 is 0 Å². The summed E-state index contributed by atoms with van der Waals surface area (Å²) in [4.78, 5) is 0. The van der Waals surface area contributed by atoms with E-state index in [1.807, 2.05) is 6.92 Å². The number of ether oxygens (including phenoxy) is 2. The van der Waals surface area contributed by atoms with Crippen LogP contribution in [0.2, 0.25) is 0 Å². The molecule has 1 heterocycles. The van der Waals surface area contributed by atoms with E-state index in [9.17, 15) is 4.39 Å². The monoisotopic (exact) mass is 253 g/mol. The number of hydrogen-bond acceptors (Lipinski definition) is 3. The first-order chi connectivity index (χ1) is 8.65. The van der Waals surface area contributed by atoms with Crippen molar-refractivity contribution in [1.82, 2.24) is 0 Å². The van der Waals surface area contributed by atoms with Crippen molar-refractivity contribution in [1.29, 1.82) is 0 Å². The Kier molecular flexibility index (Phi) is 4.55. The van der Waals surface area contributed by atoms with E-state index in [2.05, 4.69) is 0 Å². The summed E-state index contributed by atoms with van der Waals surface area (Å²) in [6.45, 7) is 3.23. The van der Waals surface area contributed by atoms with Crippen molar-refractivity contribution in [2.45, 2.75) is 38.3 Å². The second-order valence-electron chi connectivity index (χ2n) is 4.88. The molecule has 1 aromatic carbocycles. The highest BCUT2D eigenvalue weighted by atomic mass is 19.1. The summed E-state index contributed by atoms with van der Waals surface area (Å²) in [5, 5.41) is 0. The number of hydrogen-bond donors (Lipinski definition) is 1. The molecule has 1 aliphatic rings. The van der Waals surface area contributed by atoms with E-state index in [0.717, 1.165) is 25.0 Å². The maximum absolute atomic E-state index is 13.2. The van der Waals surface area contributed by atoms with Crippen molar-refractivity contribution in [2.75, 3.05) is 13.2 Å². The van der Waals surface area contributed by atoms with Gasteiger partial charge < -0.3 is 15.2 Å². The third-order valence-electron chi connectivity index (χ3n) is 3.01. The van der Waals surface area contributed by atoms with Gasteiger partial charge in [0.05, 0.1) is 6.10 Å². The van der Waals surface area contributed by atoms with Crippen LogP contribution < -0.4 is 10.5 Å². The Morgan fingerprint density at radius 3 is 3.06 bits per heavy atom. The highest BCUT2D eigenvalue weighted by molar-refractivity contribution is 5.34. The first-order valence-electron chi connectivity index (χ1n) is 6.43. The number of rotatable bonds is 5. The topological polar surface area (TPSA) is 44.5 Å². The lowest BCUT2D eigenvalue weighted by Gasteiger charge is -2.15. The molecule has 2 unspecified atom stereocenters. The largest absolute Gasteiger partial charge is 0.491 e. The molecule has 0 aliphatic carbocycles. The van der Waals surface area contributed by atoms with Crippen LogP contribution in [-0.2, 0) is 11.2 Å². The summed E-state index contributed by atoms with van der Waals surface area (Å²) in [6.07, 6.45) is 2.89. The lowest BCUT2D eigenvalue weighted by molar-refractivity contribution is 0.0676. The Labute approximate surface area is 107 Å². The Morgan fingerprint density at radius 1 is 1.56 bits per heavy atom. The molecule has 3 nitrogen and oxygen atoms in total. The minimum atomic E-state index is -0.255. The first-order valence-corrected chi connectivity index (χ1v) is 6.43. The molecule has 0 spiro atoms. The van der Waals surface area contributed by atoms with Crippen molar-refractivity contribution < 1.29 is 13.9 Å². The summed E-state index contributed by atoms with van der Waals surface area (Å²) in [5.74, 6) is 0.458. The molecule has 0 saturated carbocycles. The highest BCUT2D eigenvalue weighted by Crippen LogP contribution is 2.22. The van der Waals surface area contributed by atoms with Gasteiger partial charge in [-0.15, -0.1) is 0 Å². The predicted octanol–water partition coefficient (Wildman–Crippen LogP) is 2.27. The normalized spacial score (nSPS) is 20.9. The maximum Gasteiger partial charge on any atom is 0.123 e. The zero-order chi connectivity index (χ0) is 13.0. The molecule has 1 aliphatic heterocycles. The molecule has 2 rings (SSSR count). The van der Waals surface area contributed by atoms with Crippen LogP contribution in [0.1, 0.15) is 25.3 Å². The van der Waals surface area contributed by atoms with E-state index in [0.29, 0.717) is 18.8 Å². The van der Waals surface area contributed by atoms with Gasteiger partial charge in [0, 0.05) is 12.6 Å². The molecule has 1 aromatic rings. The summed E-state index contributed by atoms with van der Waals surface area (Å²) in [7, 11) is 0. The molecule has 0 aromatic heterocycles. The van der Waals surface area contributed by atoms with Gasteiger partial charge in [0.25, 0.3) is 0 Å². The quantitative estimate of drug-likeness (QED) is 0.875. The Hall–Kier alpha value is -1.13. The molecule has 1 fully saturated rings. The van der Waals surface area contributed by atoms with Crippen molar-refractivity contribution in [3.63, 3.8) is 0 Å². The van der Waals surface area contributed by atoms with Crippen molar-refractivity contribution in [2.24, 2.45) is 5.73 Å². The third-order valence-corrected chi connectivity index (χ3v) is 3.01. The number of halogens is 1. The fraction of sp³-hybridized carbons (Fsp3) is 0.571. The maximum atomic E-state index is 13.2. The van der Waals surface area contributed by atoms with Gasteiger partial charge in [-0.3, -0.25) is 0 Å². The molecule has 0 bridgehead atoms. The molecule has 0 radical (unpaired) electrons. The molecule has 2 N–H and O–H groups in total. The van der Waals surface area contributed by atoms with Crippen LogP contribution in [0, 0.1) is 5.82 Å². The van der Waals surface area contributed by atoms with Crippen LogP contribution in [0.4, 0.5) is 4.39 Å². The van der Waals surface area contributed by atoms with Crippen LogP contribution in [0.5, 0.6) is 5.75 Å². The fourth-order valence-electron chi connectivity index (χ4n) is 2.15. The second kappa shape index (κ2) is 6.16. The van der Waals surface area contributed by atoms with E-state index in [1.54, 1.807) is 6.07 Å². The summed E-state index contributed by atoms with van der Waals surface area (Å²) >= 11 is 0. The Balaban J connectivity index is 2.00. The van der Waals surface area contributed by atoms with Crippen LogP contribution in [0.25, 0.3) is 0 Å². The van der Waals surface area contributed by atoms with Gasteiger partial charge in [0.1, 0.15) is 18.2 Å². The number of nitrogens with two attached hydrogens (primary N) is 1. The smallest absolute Gasteiger partial charge is 0.123 e. The van der Waals surface area contributed by atoms with Crippen LogP contribution in [-0.4, -0.2) is 25.4 Å². The van der Waals surface area contributed by atoms with E-state index >= 15 is 0 Å².